The van der Waals surface area contributed by atoms with Crippen LogP contribution in [0.2, 0.25) is 0 Å². The van der Waals surface area contributed by atoms with Gasteiger partial charge in [0.15, 0.2) is 0 Å². The number of nitrogen functional groups attached to an aromatic ring is 1. The minimum absolute atomic E-state index is 0.273. The summed E-state index contributed by atoms with van der Waals surface area (Å²) in [6, 6.07) is 8.53. The van der Waals surface area contributed by atoms with E-state index in [0.717, 1.165) is 4.47 Å². The number of carbonyl (C=O) groups is 1. The van der Waals surface area contributed by atoms with Gasteiger partial charge in [0, 0.05) is 4.47 Å². The number of nitrogens with zero attached hydrogens (tertiary/aromatic N) is 1. The van der Waals surface area contributed by atoms with E-state index in [0.29, 0.717) is 22.8 Å². The zero-order valence-electron chi connectivity index (χ0n) is 10.2. The average molecular weight is 322 g/mol. The number of nitrogens with one attached hydrogen (secondary N) is 1. The third-order valence-corrected chi connectivity index (χ3v) is 2.94. The minimum atomic E-state index is -0.273. The maximum absolute atomic E-state index is 12.2. The van der Waals surface area contributed by atoms with E-state index < -0.39 is 0 Å². The summed E-state index contributed by atoms with van der Waals surface area (Å²) in [5, 5.41) is 2.73. The zero-order chi connectivity index (χ0) is 13.8. The molecule has 1 amide bonds. The number of amides is 1. The Morgan fingerprint density at radius 1 is 1.37 bits per heavy atom. The van der Waals surface area contributed by atoms with Gasteiger partial charge in [0.2, 0.25) is 0 Å². The van der Waals surface area contributed by atoms with E-state index in [-0.39, 0.29) is 5.91 Å². The van der Waals surface area contributed by atoms with Crippen LogP contribution < -0.4 is 15.8 Å². The molecular formula is C13H12BrN3O2. The Morgan fingerprint density at radius 2 is 2.16 bits per heavy atom. The number of benzene rings is 1. The molecule has 0 saturated carbocycles. The van der Waals surface area contributed by atoms with Gasteiger partial charge in [0.05, 0.1) is 24.6 Å². The van der Waals surface area contributed by atoms with Gasteiger partial charge >= 0.3 is 0 Å². The van der Waals surface area contributed by atoms with Crippen molar-refractivity contribution in [2.45, 2.75) is 0 Å². The van der Waals surface area contributed by atoms with Crippen molar-refractivity contribution in [3.63, 3.8) is 0 Å². The molecule has 1 heterocycles. The van der Waals surface area contributed by atoms with Crippen LogP contribution in [-0.4, -0.2) is 18.0 Å². The van der Waals surface area contributed by atoms with Crippen LogP contribution in [0.25, 0.3) is 0 Å². The van der Waals surface area contributed by atoms with Gasteiger partial charge in [-0.05, 0) is 30.3 Å². The van der Waals surface area contributed by atoms with E-state index in [1.165, 1.54) is 13.3 Å². The highest BCUT2D eigenvalue weighted by atomic mass is 79.9. The lowest BCUT2D eigenvalue weighted by Gasteiger charge is -2.09. The number of methoxy groups -OCH3 is 1. The number of halogens is 1. The number of rotatable bonds is 3. The Morgan fingerprint density at radius 3 is 2.79 bits per heavy atom. The lowest BCUT2D eigenvalue weighted by atomic mass is 10.2. The summed E-state index contributed by atoms with van der Waals surface area (Å²) >= 11 is 3.32. The van der Waals surface area contributed by atoms with Crippen molar-refractivity contribution in [1.29, 1.82) is 0 Å². The van der Waals surface area contributed by atoms with E-state index in [4.69, 9.17) is 10.5 Å². The minimum Gasteiger partial charge on any atom is -0.496 e. The smallest absolute Gasteiger partial charge is 0.259 e. The average Bonchev–Trinajstić information content (AvgIpc) is 2.41. The van der Waals surface area contributed by atoms with Crippen LogP contribution in [0.1, 0.15) is 10.4 Å². The van der Waals surface area contributed by atoms with Gasteiger partial charge in [-0.25, -0.2) is 4.98 Å². The number of nitrogens with two attached hydrogens (primary N) is 1. The molecule has 0 aliphatic carbocycles. The Kier molecular flexibility index (Phi) is 4.01. The maximum atomic E-state index is 12.2. The molecule has 2 rings (SSSR count). The first-order chi connectivity index (χ1) is 9.10. The Labute approximate surface area is 118 Å². The first-order valence-corrected chi connectivity index (χ1v) is 6.26. The molecular weight excluding hydrogens is 310 g/mol. The molecule has 0 atom stereocenters. The molecule has 1 aromatic carbocycles. The van der Waals surface area contributed by atoms with Crippen molar-refractivity contribution in [2.24, 2.45) is 0 Å². The van der Waals surface area contributed by atoms with Gasteiger partial charge in [-0.15, -0.1) is 0 Å². The molecule has 0 bridgehead atoms. The predicted octanol–water partition coefficient (Wildman–Crippen LogP) is 2.69. The van der Waals surface area contributed by atoms with E-state index in [2.05, 4.69) is 26.2 Å². The van der Waals surface area contributed by atoms with Gasteiger partial charge in [0.1, 0.15) is 11.6 Å². The molecule has 1 aromatic heterocycles. The molecule has 0 spiro atoms. The highest BCUT2D eigenvalue weighted by molar-refractivity contribution is 9.10. The molecule has 6 heteroatoms. The second-order valence-electron chi connectivity index (χ2n) is 3.77. The highest BCUT2D eigenvalue weighted by Crippen LogP contribution is 2.24. The molecule has 2 aromatic rings. The molecule has 0 aliphatic heterocycles. The van der Waals surface area contributed by atoms with Crippen LogP contribution in [0, 0.1) is 0 Å². The van der Waals surface area contributed by atoms with Crippen molar-refractivity contribution < 1.29 is 9.53 Å². The summed E-state index contributed by atoms with van der Waals surface area (Å²) in [5.74, 6) is 0.631. The third-order valence-electron chi connectivity index (χ3n) is 2.45. The number of hydrogen-bond donors (Lipinski definition) is 2. The SMILES string of the molecule is COc1ccc(Br)cc1C(=O)Nc1ccc(N)nc1. The highest BCUT2D eigenvalue weighted by Gasteiger charge is 2.13. The molecule has 0 fully saturated rings. The quantitative estimate of drug-likeness (QED) is 0.911. The third kappa shape index (κ3) is 3.23. The Bertz CT molecular complexity index is 599. The summed E-state index contributed by atoms with van der Waals surface area (Å²) in [7, 11) is 1.52. The fourth-order valence-corrected chi connectivity index (χ4v) is 1.90. The van der Waals surface area contributed by atoms with Gasteiger partial charge in [-0.3, -0.25) is 4.79 Å². The lowest BCUT2D eigenvalue weighted by molar-refractivity contribution is 0.102. The molecule has 19 heavy (non-hydrogen) atoms. The number of pyridine rings is 1. The first-order valence-electron chi connectivity index (χ1n) is 5.46. The molecule has 5 nitrogen and oxygen atoms in total. The molecule has 0 radical (unpaired) electrons. The standard InChI is InChI=1S/C13H12BrN3O2/c1-19-11-4-2-8(14)6-10(11)13(18)17-9-3-5-12(15)16-7-9/h2-7H,1H3,(H2,15,16)(H,17,18). The van der Waals surface area contributed by atoms with Crippen LogP contribution in [0.15, 0.2) is 41.0 Å². The largest absolute Gasteiger partial charge is 0.496 e. The van der Waals surface area contributed by atoms with Crippen molar-refractivity contribution >= 4 is 33.3 Å². The summed E-state index contributed by atoms with van der Waals surface area (Å²) in [5.41, 5.74) is 6.49. The number of anilines is 2. The predicted molar refractivity (Wildman–Crippen MR) is 77.3 cm³/mol. The van der Waals surface area contributed by atoms with Crippen molar-refractivity contribution in [2.75, 3.05) is 18.2 Å². The van der Waals surface area contributed by atoms with Crippen LogP contribution in [0.4, 0.5) is 11.5 Å². The van der Waals surface area contributed by atoms with Crippen LogP contribution in [-0.2, 0) is 0 Å². The van der Waals surface area contributed by atoms with Gasteiger partial charge in [-0.2, -0.15) is 0 Å². The van der Waals surface area contributed by atoms with Crippen LogP contribution >= 0.6 is 15.9 Å². The Hall–Kier alpha value is -2.08. The van der Waals surface area contributed by atoms with Crippen molar-refractivity contribution in [3.8, 4) is 5.75 Å². The molecule has 0 aliphatic rings. The maximum Gasteiger partial charge on any atom is 0.259 e. The van der Waals surface area contributed by atoms with Gasteiger partial charge in [0.25, 0.3) is 5.91 Å². The molecule has 98 valence electrons. The summed E-state index contributed by atoms with van der Waals surface area (Å²) in [6.07, 6.45) is 1.50. The van der Waals surface area contributed by atoms with Gasteiger partial charge in [-0.1, -0.05) is 15.9 Å². The van der Waals surface area contributed by atoms with Crippen LogP contribution in [0.5, 0.6) is 5.75 Å². The monoisotopic (exact) mass is 321 g/mol. The van der Waals surface area contributed by atoms with E-state index in [9.17, 15) is 4.79 Å². The second kappa shape index (κ2) is 5.71. The topological polar surface area (TPSA) is 77.2 Å². The first kappa shape index (κ1) is 13.4. The van der Waals surface area contributed by atoms with E-state index >= 15 is 0 Å². The van der Waals surface area contributed by atoms with Crippen molar-refractivity contribution in [3.05, 3.63) is 46.6 Å². The summed E-state index contributed by atoms with van der Waals surface area (Å²) in [6.45, 7) is 0. The number of aromatic nitrogens is 1. The molecule has 0 unspecified atom stereocenters. The fourth-order valence-electron chi connectivity index (χ4n) is 1.54. The molecule has 0 saturated heterocycles. The Balaban J connectivity index is 2.24. The van der Waals surface area contributed by atoms with Gasteiger partial charge < -0.3 is 15.8 Å². The van der Waals surface area contributed by atoms with Crippen molar-refractivity contribution in [1.82, 2.24) is 4.98 Å². The normalized spacial score (nSPS) is 10.0. The zero-order valence-corrected chi connectivity index (χ0v) is 11.8. The number of carbonyl (C=O) groups excluding carboxylic acids is 1. The number of hydrogen-bond acceptors (Lipinski definition) is 4. The van der Waals surface area contributed by atoms with E-state index in [1.807, 2.05) is 0 Å². The summed E-state index contributed by atoms with van der Waals surface area (Å²) in [4.78, 5) is 16.1. The lowest BCUT2D eigenvalue weighted by Crippen LogP contribution is -2.13. The second-order valence-corrected chi connectivity index (χ2v) is 4.69. The number of ether oxygens (including phenoxy) is 1. The summed E-state index contributed by atoms with van der Waals surface area (Å²) < 4.78 is 5.96. The van der Waals surface area contributed by atoms with Crippen LogP contribution in [0.3, 0.4) is 0 Å². The fraction of sp³-hybridized carbons (Fsp3) is 0.0769. The molecule has 3 N–H and O–H groups in total. The van der Waals surface area contributed by atoms with E-state index in [1.54, 1.807) is 30.3 Å².